The molecule has 48 heavy (non-hydrogen) atoms. The topological polar surface area (TPSA) is 96.6 Å². The standard InChI is InChI=1S/C39H39BO8/c1-4-45-34(42)27-33(41)35-32(25-26-46-35)40-47-36(38(43-2,28-17-9-5-10-18-28)29-19-11-6-12-20-29)37(48-40)39(44-3,30-21-13-7-14-22-30)31-23-15-8-16-24-31/h5-26,33,36-37,41H,4,27H2,1-3H3/t33-,36+,37+/m0/s1. The van der Waals surface area contributed by atoms with Crippen molar-refractivity contribution >= 4 is 18.6 Å². The number of furan rings is 1. The zero-order valence-electron chi connectivity index (χ0n) is 27.2. The monoisotopic (exact) mass is 646 g/mol. The molecule has 2 heterocycles. The zero-order valence-corrected chi connectivity index (χ0v) is 27.2. The van der Waals surface area contributed by atoms with Crippen molar-refractivity contribution in [2.24, 2.45) is 0 Å². The maximum atomic E-state index is 12.3. The maximum absolute atomic E-state index is 12.3. The summed E-state index contributed by atoms with van der Waals surface area (Å²) in [6.07, 6.45) is -1.82. The van der Waals surface area contributed by atoms with Crippen LogP contribution in [0.25, 0.3) is 0 Å². The minimum Gasteiger partial charge on any atom is -0.467 e. The van der Waals surface area contributed by atoms with Crippen LogP contribution >= 0.6 is 0 Å². The molecule has 1 N–H and O–H groups in total. The van der Waals surface area contributed by atoms with Gasteiger partial charge in [-0.05, 0) is 35.2 Å². The summed E-state index contributed by atoms with van der Waals surface area (Å²) in [7, 11) is 2.29. The van der Waals surface area contributed by atoms with Crippen LogP contribution in [0.1, 0.15) is 47.5 Å². The third-order valence-corrected chi connectivity index (χ3v) is 9.02. The van der Waals surface area contributed by atoms with Gasteiger partial charge in [-0.3, -0.25) is 4.79 Å². The molecule has 1 aromatic heterocycles. The number of aliphatic hydroxyl groups excluding tert-OH is 1. The Morgan fingerprint density at radius 2 is 1.10 bits per heavy atom. The van der Waals surface area contributed by atoms with Crippen LogP contribution in [0, 0.1) is 0 Å². The molecule has 0 radical (unpaired) electrons. The van der Waals surface area contributed by atoms with Gasteiger partial charge in [-0.1, -0.05) is 121 Å². The summed E-state index contributed by atoms with van der Waals surface area (Å²) < 4.78 is 38.3. The summed E-state index contributed by atoms with van der Waals surface area (Å²) in [4.78, 5) is 12.3. The van der Waals surface area contributed by atoms with Crippen LogP contribution in [0.5, 0.6) is 0 Å². The number of hydrogen-bond acceptors (Lipinski definition) is 8. The van der Waals surface area contributed by atoms with E-state index >= 15 is 0 Å². The van der Waals surface area contributed by atoms with Crippen molar-refractivity contribution in [3.05, 3.63) is 162 Å². The Labute approximate surface area is 281 Å². The van der Waals surface area contributed by atoms with E-state index in [-0.39, 0.29) is 18.8 Å². The lowest BCUT2D eigenvalue weighted by Gasteiger charge is -2.46. The number of methoxy groups -OCH3 is 2. The van der Waals surface area contributed by atoms with Gasteiger partial charge in [0.15, 0.2) is 0 Å². The van der Waals surface area contributed by atoms with Gasteiger partial charge in [0.1, 0.15) is 35.3 Å². The summed E-state index contributed by atoms with van der Waals surface area (Å²) in [5.74, 6) is -0.396. The second-order valence-electron chi connectivity index (χ2n) is 11.6. The smallest absolute Gasteiger partial charge is 0.467 e. The average molecular weight is 647 g/mol. The summed E-state index contributed by atoms with van der Waals surface area (Å²) >= 11 is 0. The molecule has 1 aliphatic rings. The van der Waals surface area contributed by atoms with Crippen LogP contribution in [0.15, 0.2) is 138 Å². The van der Waals surface area contributed by atoms with Gasteiger partial charge in [-0.15, -0.1) is 0 Å². The van der Waals surface area contributed by atoms with E-state index in [1.54, 1.807) is 27.2 Å². The lowest BCUT2D eigenvalue weighted by molar-refractivity contribution is -0.145. The first-order valence-electron chi connectivity index (χ1n) is 16.0. The van der Waals surface area contributed by atoms with Crippen molar-refractivity contribution in [3.8, 4) is 0 Å². The van der Waals surface area contributed by atoms with Crippen molar-refractivity contribution in [3.63, 3.8) is 0 Å². The molecule has 4 aromatic carbocycles. The highest BCUT2D eigenvalue weighted by atomic mass is 16.7. The summed E-state index contributed by atoms with van der Waals surface area (Å²) in [6, 6.07) is 41.3. The summed E-state index contributed by atoms with van der Waals surface area (Å²) in [5.41, 5.74) is 1.41. The molecule has 6 rings (SSSR count). The van der Waals surface area contributed by atoms with E-state index in [9.17, 15) is 9.90 Å². The summed E-state index contributed by atoms with van der Waals surface area (Å²) in [6.45, 7) is 1.91. The Morgan fingerprint density at radius 1 is 0.708 bits per heavy atom. The molecule has 1 aliphatic heterocycles. The highest BCUT2D eigenvalue weighted by Gasteiger charge is 2.62. The van der Waals surface area contributed by atoms with E-state index in [1.807, 2.05) is 121 Å². The van der Waals surface area contributed by atoms with E-state index in [2.05, 4.69) is 0 Å². The van der Waals surface area contributed by atoms with Gasteiger partial charge in [0, 0.05) is 19.7 Å². The van der Waals surface area contributed by atoms with E-state index in [1.165, 1.54) is 6.26 Å². The molecular weight excluding hydrogens is 607 g/mol. The fraction of sp³-hybridized carbons (Fsp3) is 0.256. The largest absolute Gasteiger partial charge is 0.498 e. The van der Waals surface area contributed by atoms with Crippen LogP contribution in [0.4, 0.5) is 0 Å². The maximum Gasteiger partial charge on any atom is 0.498 e. The number of carbonyl (C=O) groups excluding carboxylic acids is 1. The van der Waals surface area contributed by atoms with E-state index in [4.69, 9.17) is 27.9 Å². The molecule has 8 nitrogen and oxygen atoms in total. The molecule has 246 valence electrons. The van der Waals surface area contributed by atoms with Crippen molar-refractivity contribution < 1.29 is 37.8 Å². The Balaban J connectivity index is 1.58. The first-order valence-corrected chi connectivity index (χ1v) is 16.0. The molecule has 0 aliphatic carbocycles. The fourth-order valence-electron chi connectivity index (χ4n) is 6.91. The molecule has 0 amide bonds. The minimum absolute atomic E-state index is 0.150. The van der Waals surface area contributed by atoms with Crippen LogP contribution in [0.3, 0.4) is 0 Å². The van der Waals surface area contributed by atoms with Crippen LogP contribution in [-0.2, 0) is 39.5 Å². The van der Waals surface area contributed by atoms with Crippen molar-refractivity contribution in [2.45, 2.75) is 42.9 Å². The molecule has 0 spiro atoms. The predicted octanol–water partition coefficient (Wildman–Crippen LogP) is 5.93. The Morgan fingerprint density at radius 3 is 1.46 bits per heavy atom. The van der Waals surface area contributed by atoms with Gasteiger partial charge >= 0.3 is 13.1 Å². The van der Waals surface area contributed by atoms with Gasteiger partial charge in [-0.25, -0.2) is 0 Å². The van der Waals surface area contributed by atoms with Crippen molar-refractivity contribution in [1.82, 2.24) is 0 Å². The van der Waals surface area contributed by atoms with Gasteiger partial charge < -0.3 is 33.0 Å². The van der Waals surface area contributed by atoms with E-state index in [0.29, 0.717) is 5.46 Å². The normalized spacial score (nSPS) is 17.3. The van der Waals surface area contributed by atoms with Gasteiger partial charge in [-0.2, -0.15) is 0 Å². The minimum atomic E-state index is -1.29. The molecule has 0 bridgehead atoms. The first-order chi connectivity index (χ1) is 23.5. The summed E-state index contributed by atoms with van der Waals surface area (Å²) in [5, 5.41) is 11.1. The molecule has 1 saturated heterocycles. The number of rotatable bonds is 13. The van der Waals surface area contributed by atoms with Crippen molar-refractivity contribution in [1.29, 1.82) is 0 Å². The van der Waals surface area contributed by atoms with E-state index < -0.39 is 42.6 Å². The number of ether oxygens (including phenoxy) is 3. The lowest BCUT2D eigenvalue weighted by atomic mass is 9.71. The second kappa shape index (κ2) is 14.7. The molecule has 3 atom stereocenters. The lowest BCUT2D eigenvalue weighted by Crippen LogP contribution is -2.56. The number of benzene rings is 4. The Kier molecular flexibility index (Phi) is 10.2. The second-order valence-corrected chi connectivity index (χ2v) is 11.6. The van der Waals surface area contributed by atoms with Crippen LogP contribution in [-0.4, -0.2) is 51.2 Å². The van der Waals surface area contributed by atoms with Crippen LogP contribution < -0.4 is 5.46 Å². The number of carbonyl (C=O) groups is 1. The Bertz CT molecular complexity index is 1570. The predicted molar refractivity (Wildman–Crippen MR) is 181 cm³/mol. The molecule has 0 unspecified atom stereocenters. The number of hydrogen-bond donors (Lipinski definition) is 1. The van der Waals surface area contributed by atoms with Gasteiger partial charge in [0.2, 0.25) is 0 Å². The zero-order chi connectivity index (χ0) is 33.6. The molecule has 1 fully saturated rings. The Hall–Kier alpha value is -4.51. The quantitative estimate of drug-likeness (QED) is 0.124. The molecule has 0 saturated carbocycles. The highest BCUT2D eigenvalue weighted by molar-refractivity contribution is 6.62. The molecule has 9 heteroatoms. The highest BCUT2D eigenvalue weighted by Crippen LogP contribution is 2.50. The number of aliphatic hydroxyl groups is 1. The average Bonchev–Trinajstić information content (AvgIpc) is 3.81. The van der Waals surface area contributed by atoms with Gasteiger partial charge in [0.05, 0.1) is 19.3 Å². The van der Waals surface area contributed by atoms with Gasteiger partial charge in [0.25, 0.3) is 0 Å². The third-order valence-electron chi connectivity index (χ3n) is 9.02. The number of esters is 1. The van der Waals surface area contributed by atoms with Crippen molar-refractivity contribution in [2.75, 3.05) is 20.8 Å². The fourth-order valence-corrected chi connectivity index (χ4v) is 6.91. The first kappa shape index (κ1) is 33.4. The molecule has 5 aromatic rings. The third kappa shape index (κ3) is 6.00. The van der Waals surface area contributed by atoms with Crippen LogP contribution in [0.2, 0.25) is 0 Å². The SMILES string of the molecule is CCOC(=O)C[C@H](O)c1occc1B1O[C@@H](C(OC)(c2ccccc2)c2ccccc2)[C@H](C(OC)(c2ccccc2)c2ccccc2)O1. The van der Waals surface area contributed by atoms with E-state index in [0.717, 1.165) is 22.3 Å². The molecular formula is C39H39BO8.